The summed E-state index contributed by atoms with van der Waals surface area (Å²) < 4.78 is 5.89. The number of hydrogen-bond donors (Lipinski definition) is 1. The summed E-state index contributed by atoms with van der Waals surface area (Å²) in [6.45, 7) is 14.7. The maximum atomic E-state index is 5.89. The van der Waals surface area contributed by atoms with Gasteiger partial charge in [0.2, 0.25) is 0 Å². The van der Waals surface area contributed by atoms with E-state index in [0.29, 0.717) is 6.04 Å². The Morgan fingerprint density at radius 1 is 1.37 bits per heavy atom. The maximum absolute atomic E-state index is 5.89. The lowest BCUT2D eigenvalue weighted by Gasteiger charge is -2.28. The Balaban J connectivity index is 2.81. The van der Waals surface area contributed by atoms with E-state index in [1.807, 2.05) is 6.92 Å². The Bertz CT molecular complexity index is 370. The average Bonchev–Trinajstić information content (AvgIpc) is 2.80. The van der Waals surface area contributed by atoms with Crippen LogP contribution in [-0.4, -0.2) is 18.1 Å². The predicted octanol–water partition coefficient (Wildman–Crippen LogP) is 4.33. The fourth-order valence-electron chi connectivity index (χ4n) is 1.94. The van der Waals surface area contributed by atoms with Gasteiger partial charge < -0.3 is 10.1 Å². The SMILES string of the molecule is CCCNC(C)c1csc(C(OCC)C(C)(C)C)n1. The van der Waals surface area contributed by atoms with Crippen molar-refractivity contribution in [2.24, 2.45) is 5.41 Å². The van der Waals surface area contributed by atoms with Crippen LogP contribution in [-0.2, 0) is 4.74 Å². The highest BCUT2D eigenvalue weighted by Crippen LogP contribution is 2.37. The summed E-state index contributed by atoms with van der Waals surface area (Å²) >= 11 is 1.71. The first-order chi connectivity index (χ1) is 8.90. The highest BCUT2D eigenvalue weighted by molar-refractivity contribution is 7.09. The van der Waals surface area contributed by atoms with E-state index in [1.54, 1.807) is 11.3 Å². The highest BCUT2D eigenvalue weighted by atomic mass is 32.1. The summed E-state index contributed by atoms with van der Waals surface area (Å²) in [7, 11) is 0. The Kier molecular flexibility index (Phi) is 6.43. The van der Waals surface area contributed by atoms with Gasteiger partial charge in [-0.25, -0.2) is 4.98 Å². The normalized spacial score (nSPS) is 15.5. The fourth-order valence-corrected chi connectivity index (χ4v) is 3.15. The summed E-state index contributed by atoms with van der Waals surface area (Å²) in [5.41, 5.74) is 1.20. The number of ether oxygens (including phenoxy) is 1. The molecule has 1 rings (SSSR count). The molecule has 0 fully saturated rings. The minimum absolute atomic E-state index is 0.0746. The van der Waals surface area contributed by atoms with Crippen LogP contribution in [0, 0.1) is 5.41 Å². The van der Waals surface area contributed by atoms with Crippen LogP contribution in [0.15, 0.2) is 5.38 Å². The van der Waals surface area contributed by atoms with Crippen molar-refractivity contribution in [1.29, 1.82) is 0 Å². The molecular weight excluding hydrogens is 256 g/mol. The van der Waals surface area contributed by atoms with Gasteiger partial charge in [0.05, 0.1) is 5.69 Å². The molecule has 0 aromatic carbocycles. The Morgan fingerprint density at radius 3 is 2.58 bits per heavy atom. The quantitative estimate of drug-likeness (QED) is 0.809. The molecule has 0 bridgehead atoms. The molecule has 4 heteroatoms. The first-order valence-electron chi connectivity index (χ1n) is 7.20. The minimum atomic E-state index is 0.0746. The van der Waals surface area contributed by atoms with Crippen LogP contribution in [0.4, 0.5) is 0 Å². The van der Waals surface area contributed by atoms with E-state index in [0.717, 1.165) is 30.3 Å². The van der Waals surface area contributed by atoms with E-state index >= 15 is 0 Å². The van der Waals surface area contributed by atoms with E-state index in [4.69, 9.17) is 9.72 Å². The molecule has 19 heavy (non-hydrogen) atoms. The topological polar surface area (TPSA) is 34.1 Å². The van der Waals surface area contributed by atoms with Gasteiger partial charge in [-0.15, -0.1) is 11.3 Å². The predicted molar refractivity (Wildman–Crippen MR) is 82.6 cm³/mol. The van der Waals surface area contributed by atoms with E-state index in [9.17, 15) is 0 Å². The molecule has 110 valence electrons. The van der Waals surface area contributed by atoms with Gasteiger partial charge in [-0.2, -0.15) is 0 Å². The number of nitrogens with zero attached hydrogens (tertiary/aromatic N) is 1. The molecule has 1 heterocycles. The molecule has 0 radical (unpaired) electrons. The first-order valence-corrected chi connectivity index (χ1v) is 8.08. The Labute approximate surface area is 121 Å². The molecular formula is C15H28N2OS. The van der Waals surface area contributed by atoms with Crippen LogP contribution in [0.5, 0.6) is 0 Å². The molecule has 0 spiro atoms. The molecule has 1 N–H and O–H groups in total. The lowest BCUT2D eigenvalue weighted by molar-refractivity contribution is -0.0134. The van der Waals surface area contributed by atoms with Gasteiger partial charge >= 0.3 is 0 Å². The molecule has 2 unspecified atom stereocenters. The van der Waals surface area contributed by atoms with Crippen molar-refractivity contribution in [2.45, 2.75) is 60.1 Å². The summed E-state index contributed by atoms with van der Waals surface area (Å²) in [5.74, 6) is 0. The van der Waals surface area contributed by atoms with E-state index in [-0.39, 0.29) is 11.5 Å². The monoisotopic (exact) mass is 284 g/mol. The van der Waals surface area contributed by atoms with Gasteiger partial charge in [0.1, 0.15) is 11.1 Å². The molecule has 0 amide bonds. The van der Waals surface area contributed by atoms with Gasteiger partial charge in [-0.05, 0) is 32.2 Å². The Morgan fingerprint density at radius 2 is 2.05 bits per heavy atom. The second-order valence-electron chi connectivity index (χ2n) is 5.99. The van der Waals surface area contributed by atoms with Crippen molar-refractivity contribution in [3.8, 4) is 0 Å². The van der Waals surface area contributed by atoms with Crippen molar-refractivity contribution in [3.05, 3.63) is 16.1 Å². The number of hydrogen-bond acceptors (Lipinski definition) is 4. The lowest BCUT2D eigenvalue weighted by Crippen LogP contribution is -2.22. The maximum Gasteiger partial charge on any atom is 0.122 e. The van der Waals surface area contributed by atoms with Crippen molar-refractivity contribution in [1.82, 2.24) is 10.3 Å². The van der Waals surface area contributed by atoms with E-state index in [2.05, 4.69) is 45.3 Å². The number of thiazole rings is 1. The first kappa shape index (κ1) is 16.6. The largest absolute Gasteiger partial charge is 0.371 e. The zero-order chi connectivity index (χ0) is 14.5. The minimum Gasteiger partial charge on any atom is -0.371 e. The number of aromatic nitrogens is 1. The summed E-state index contributed by atoms with van der Waals surface area (Å²) in [4.78, 5) is 4.78. The van der Waals surface area contributed by atoms with Crippen LogP contribution in [0.25, 0.3) is 0 Å². The van der Waals surface area contributed by atoms with E-state index in [1.165, 1.54) is 0 Å². The van der Waals surface area contributed by atoms with Gasteiger partial charge in [-0.3, -0.25) is 0 Å². The van der Waals surface area contributed by atoms with Crippen molar-refractivity contribution < 1.29 is 4.74 Å². The van der Waals surface area contributed by atoms with Crippen molar-refractivity contribution in [3.63, 3.8) is 0 Å². The van der Waals surface area contributed by atoms with Crippen molar-refractivity contribution >= 4 is 11.3 Å². The molecule has 1 aromatic heterocycles. The van der Waals surface area contributed by atoms with Crippen LogP contribution >= 0.6 is 11.3 Å². The fraction of sp³-hybridized carbons (Fsp3) is 0.800. The molecule has 0 saturated carbocycles. The molecule has 0 aliphatic rings. The average molecular weight is 284 g/mol. The molecule has 0 saturated heterocycles. The van der Waals surface area contributed by atoms with Crippen molar-refractivity contribution in [2.75, 3.05) is 13.2 Å². The molecule has 1 aromatic rings. The zero-order valence-corrected chi connectivity index (χ0v) is 13.9. The molecule has 2 atom stereocenters. The van der Waals surface area contributed by atoms with Gasteiger partial charge in [-0.1, -0.05) is 27.7 Å². The van der Waals surface area contributed by atoms with Gasteiger partial charge in [0.15, 0.2) is 0 Å². The molecule has 0 aliphatic heterocycles. The lowest BCUT2D eigenvalue weighted by atomic mass is 9.89. The smallest absolute Gasteiger partial charge is 0.122 e. The van der Waals surface area contributed by atoms with Crippen LogP contribution in [0.1, 0.15) is 70.8 Å². The van der Waals surface area contributed by atoms with Crippen LogP contribution in [0.3, 0.4) is 0 Å². The second-order valence-corrected chi connectivity index (χ2v) is 6.88. The van der Waals surface area contributed by atoms with Gasteiger partial charge in [0, 0.05) is 18.0 Å². The second kappa shape index (κ2) is 7.36. The third-order valence-electron chi connectivity index (χ3n) is 3.03. The Hall–Kier alpha value is -0.450. The number of rotatable bonds is 7. The summed E-state index contributed by atoms with van der Waals surface area (Å²) in [6.07, 6.45) is 1.22. The van der Waals surface area contributed by atoms with Gasteiger partial charge in [0.25, 0.3) is 0 Å². The molecule has 3 nitrogen and oxygen atoms in total. The van der Waals surface area contributed by atoms with E-state index < -0.39 is 0 Å². The number of nitrogens with one attached hydrogen (secondary N) is 1. The highest BCUT2D eigenvalue weighted by Gasteiger charge is 2.29. The zero-order valence-electron chi connectivity index (χ0n) is 13.1. The molecule has 0 aliphatic carbocycles. The summed E-state index contributed by atoms with van der Waals surface area (Å²) in [5, 5.41) is 6.72. The third-order valence-corrected chi connectivity index (χ3v) is 3.93. The van der Waals surface area contributed by atoms with Crippen LogP contribution < -0.4 is 5.32 Å². The van der Waals surface area contributed by atoms with Crippen LogP contribution in [0.2, 0.25) is 0 Å². The third kappa shape index (κ3) is 4.86. The summed E-state index contributed by atoms with van der Waals surface area (Å²) in [6, 6.07) is 0.312. The standard InChI is InChI=1S/C15H28N2OS/c1-7-9-16-11(3)12-10-19-14(17-12)13(18-8-2)15(4,5)6/h10-11,13,16H,7-9H2,1-6H3.